The van der Waals surface area contributed by atoms with Gasteiger partial charge in [-0.3, -0.25) is 66.6 Å². The van der Waals surface area contributed by atoms with Gasteiger partial charge in [0, 0.05) is 74.8 Å². The maximum absolute atomic E-state index is 12.9. The first-order valence-corrected chi connectivity index (χ1v) is 46.3. The van der Waals surface area contributed by atoms with Crippen LogP contribution in [0.2, 0.25) is 0 Å². The average molecular weight is 2260 g/mol. The normalized spacial score (nSPS) is 14.7. The van der Waals surface area contributed by atoms with Crippen LogP contribution >= 0.6 is 95.6 Å². The monoisotopic (exact) mass is 2260 g/mol. The largest absolute Gasteiger partial charge is 0.710 e. The molecule has 0 bridgehead atoms. The summed E-state index contributed by atoms with van der Waals surface area (Å²) in [6.07, 6.45) is 43.2. The van der Waals surface area contributed by atoms with Gasteiger partial charge in [0.2, 0.25) is 34.9 Å². The van der Waals surface area contributed by atoms with Gasteiger partial charge >= 0.3 is 29.7 Å². The number of primary amides is 1. The van der Waals surface area contributed by atoms with E-state index < -0.39 is 57.9 Å². The van der Waals surface area contributed by atoms with Crippen molar-refractivity contribution in [2.24, 2.45) is 5.73 Å². The fourth-order valence-electron chi connectivity index (χ4n) is 13.8. The predicted octanol–water partition coefficient (Wildman–Crippen LogP) is 8.57. The van der Waals surface area contributed by atoms with Crippen LogP contribution in [0.15, 0.2) is 175 Å². The summed E-state index contributed by atoms with van der Waals surface area (Å²) >= 11 is 18.3. The van der Waals surface area contributed by atoms with Crippen LogP contribution in [-0.2, 0) is 36.0 Å². The molecule has 48 nitrogen and oxygen atoms in total. The number of hydrogen-bond acceptors (Lipinski definition) is 37. The van der Waals surface area contributed by atoms with E-state index >= 15 is 0 Å². The number of carboxylic acid groups (broad SMARTS) is 1. The molecule has 3 spiro atoms. The second-order valence-electron chi connectivity index (χ2n) is 29.2. The maximum atomic E-state index is 12.9. The quantitative estimate of drug-likeness (QED) is 0.0237. The van der Waals surface area contributed by atoms with Crippen LogP contribution < -0.4 is 70.6 Å². The number of halogens is 6. The number of carbonyl (C=O) groups is 9. The molecule has 0 radical (unpaired) electrons. The first-order chi connectivity index (χ1) is 65.2. The van der Waals surface area contributed by atoms with Crippen LogP contribution in [0.25, 0.3) is 0 Å². The molecule has 0 unspecified atom stereocenters. The van der Waals surface area contributed by atoms with Crippen molar-refractivity contribution < 1.29 is 67.2 Å². The zero-order valence-electron chi connectivity index (χ0n) is 72.5. The molecule has 4 amide bonds. The number of Topliss-reactive ketones (excluding diaryl/α,β-unsaturated/α-hetero) is 1. The zero-order valence-corrected chi connectivity index (χ0v) is 82.0. The van der Waals surface area contributed by atoms with E-state index in [0.717, 1.165) is 126 Å². The van der Waals surface area contributed by atoms with Crippen molar-refractivity contribution in [2.45, 2.75) is 166 Å². The summed E-state index contributed by atoms with van der Waals surface area (Å²) in [5.41, 5.74) is 7.36. The molecule has 0 saturated heterocycles. The fourth-order valence-corrected chi connectivity index (χ4v) is 15.2. The van der Waals surface area contributed by atoms with Gasteiger partial charge in [-0.2, -0.15) is 0 Å². The number of nitrogens with zero attached hydrogens (tertiary/aromatic N) is 20. The lowest BCUT2D eigenvalue weighted by atomic mass is 9.89. The van der Waals surface area contributed by atoms with Gasteiger partial charge in [-0.05, 0) is 229 Å². The van der Waals surface area contributed by atoms with Crippen molar-refractivity contribution in [3.05, 3.63) is 254 Å². The van der Waals surface area contributed by atoms with Crippen molar-refractivity contribution >= 4 is 178 Å². The van der Waals surface area contributed by atoms with Crippen LogP contribution in [0.3, 0.4) is 0 Å². The Bertz CT molecular complexity index is 6210. The summed E-state index contributed by atoms with van der Waals surface area (Å²) in [6.45, 7) is 5.87. The number of nitrogens with one attached hydrogen (secondary N) is 7. The van der Waals surface area contributed by atoms with Gasteiger partial charge in [-0.25, -0.2) is 98.7 Å². The number of rotatable bonds is 12. The number of aromatic amines is 2. The number of ether oxygens (including phenoxy) is 3. The lowest BCUT2D eigenvalue weighted by molar-refractivity contribution is -0.612. The Morgan fingerprint density at radius 1 is 0.441 bits per heavy atom. The summed E-state index contributed by atoms with van der Waals surface area (Å²) in [5.74, 6) is -2.52. The van der Waals surface area contributed by atoms with E-state index in [9.17, 15) is 72.3 Å². The highest BCUT2D eigenvalue weighted by Crippen LogP contribution is 2.39. The molecule has 4 fully saturated rings. The van der Waals surface area contributed by atoms with Crippen LogP contribution in [-0.4, -0.2) is 182 Å². The Labute approximate surface area is 820 Å². The Balaban J connectivity index is 0.000000173. The third-order valence-corrected chi connectivity index (χ3v) is 22.7. The van der Waals surface area contributed by atoms with Gasteiger partial charge in [0.1, 0.15) is 94.7 Å². The molecule has 12 N–H and O–H groups in total. The van der Waals surface area contributed by atoms with Gasteiger partial charge in [0.25, 0.3) is 51.4 Å². The van der Waals surface area contributed by atoms with Crippen molar-refractivity contribution in [3.8, 4) is 0 Å². The van der Waals surface area contributed by atoms with Gasteiger partial charge in [-0.15, -0.1) is 0 Å². The highest BCUT2D eigenvalue weighted by Gasteiger charge is 2.48. The van der Waals surface area contributed by atoms with Crippen LogP contribution in [0.1, 0.15) is 234 Å². The molecule has 7 aliphatic rings. The van der Waals surface area contributed by atoms with E-state index in [1.54, 1.807) is 62.1 Å². The third-order valence-electron chi connectivity index (χ3n) is 19.8. The predicted molar refractivity (Wildman–Crippen MR) is 503 cm³/mol. The average Bonchev–Trinajstić information content (AvgIpc) is 1.60. The molecule has 14 heterocycles. The van der Waals surface area contributed by atoms with Gasteiger partial charge in [0.05, 0.1) is 41.2 Å². The first-order valence-electron chi connectivity index (χ1n) is 41.5. The lowest BCUT2D eigenvalue weighted by Crippen LogP contribution is -2.48. The number of carboxylic acids is 1. The number of nitrogens with two attached hydrogens (primary N) is 2. The molecular formula is C82H87Br6N29O19. The zero-order chi connectivity index (χ0) is 98.7. The maximum Gasteiger partial charge on any atom is 0.426 e. The number of H-pyrrole nitrogens is 2. The summed E-state index contributed by atoms with van der Waals surface area (Å²) in [7, 11) is 0. The number of aromatic nitrogens is 22. The second-order valence-corrected chi connectivity index (χ2v) is 34.5. The molecule has 3 aliphatic heterocycles. The lowest BCUT2D eigenvalue weighted by Gasteiger charge is -2.34. The second kappa shape index (κ2) is 51.7. The number of carbonyl (C=O) groups excluding carboxylic acids is 8. The van der Waals surface area contributed by atoms with Crippen molar-refractivity contribution in [1.29, 1.82) is 0 Å². The summed E-state index contributed by atoms with van der Waals surface area (Å²) in [6, 6.07) is 4.97. The molecule has 4 aliphatic carbocycles. The van der Waals surface area contributed by atoms with E-state index in [1.807, 2.05) is 0 Å². The molecule has 11 aromatic rings. The summed E-state index contributed by atoms with van der Waals surface area (Å²) in [4.78, 5) is 226. The third kappa shape index (κ3) is 29.7. The van der Waals surface area contributed by atoms with Gasteiger partial charge < -0.3 is 67.6 Å². The summed E-state index contributed by atoms with van der Waals surface area (Å²) in [5, 5.41) is 34.2. The minimum atomic E-state index is -1.12. The van der Waals surface area contributed by atoms with Crippen LogP contribution in [0.5, 0.6) is 0 Å². The van der Waals surface area contributed by atoms with E-state index in [4.69, 9.17) is 16.6 Å². The molecule has 136 heavy (non-hydrogen) atoms. The standard InChI is InChI=1S/2C15H16N6O2.C11H12BrN3O2.2C7H7BrN2O3.C7H7BrN2O2.C6H10O.C5H4BrN3O2.C5H3BrN2O2.C4H5N3/c2*22-13-12-17-8-10(19-11-4-7-16-9-18-11)14(23)21(12)15(20-13)5-2-1-3-6-15;12-7-6-13-8-9(16)14-11(15(8)10(7)17)4-2-1-3-5-11;1-2-13-7(11)6-9-3-5(8)4-10(6)12;1-2-13-7(12)5-9-3-4(8)6(11)10-5;1-2-12-7(11)6-9-3-5(8)4-10-6;7-6-4-2-1-3-5-6;6-2-1-8-4(3(7)10)9-5(2)11;6-3-1-7-4(5(9)10)8-2-3;5-4-1-2-6-3-7-4/h2*4,7-9H,1-3,5-6H2,(H,20,22)(H,16,18,19);6H,1-5H2,(H,14,16);3-4H,2H2,1H3;3H,2H2,1H3,(H,9,10,11);3-4H,2H2,1H3;1-5H2;1H,(H2,7,10)(H,8,9,11);1-2H,(H,9,10);1-3H,(H2,5,6,7). The van der Waals surface area contributed by atoms with Crippen molar-refractivity contribution in [1.82, 2.24) is 119 Å². The number of nitrogen functional groups attached to an aromatic ring is 1. The highest BCUT2D eigenvalue weighted by atomic mass is 79.9. The van der Waals surface area contributed by atoms with Crippen LogP contribution in [0.4, 0.5) is 28.8 Å². The number of hydrogen-bond donors (Lipinski definition) is 10. The smallest absolute Gasteiger partial charge is 0.426 e. The number of anilines is 5. The molecule has 4 saturated carbocycles. The molecule has 54 heteroatoms. The molecule has 716 valence electrons. The Morgan fingerprint density at radius 2 is 0.816 bits per heavy atom. The topological polar surface area (TPSA) is 679 Å². The number of ketones is 1. The number of aromatic carboxylic acids is 1. The van der Waals surface area contributed by atoms with Gasteiger partial charge in [0.15, 0.2) is 12.0 Å². The van der Waals surface area contributed by atoms with E-state index in [1.165, 1.54) is 103 Å². The fraction of sp³-hybridized carbons (Fsp3) is 0.354. The summed E-state index contributed by atoms with van der Waals surface area (Å²) < 4.78 is 21.7. The van der Waals surface area contributed by atoms with Crippen molar-refractivity contribution in [3.63, 3.8) is 0 Å². The molecular weight excluding hydrogens is 2170 g/mol. The Hall–Kier alpha value is -13.6. The molecule has 11 aromatic heterocycles. The van der Waals surface area contributed by atoms with Crippen LogP contribution in [0, 0.1) is 5.21 Å². The minimum Gasteiger partial charge on any atom is -0.710 e. The van der Waals surface area contributed by atoms with Gasteiger partial charge in [-0.1, -0.05) is 25.7 Å². The highest BCUT2D eigenvalue weighted by molar-refractivity contribution is 9.11. The van der Waals surface area contributed by atoms with E-state index in [2.05, 4.69) is 226 Å². The first kappa shape index (κ1) is 106. The molecule has 18 rings (SSSR count). The molecule has 0 aromatic carbocycles. The number of fused-ring (bicyclic) bond motifs is 6. The van der Waals surface area contributed by atoms with E-state index in [0.29, 0.717) is 59.4 Å². The minimum absolute atomic E-state index is 0.0834. The Kier molecular flexibility index (Phi) is 40.4. The van der Waals surface area contributed by atoms with E-state index in [-0.39, 0.29) is 103 Å². The number of esters is 3. The van der Waals surface area contributed by atoms with Crippen molar-refractivity contribution in [2.75, 3.05) is 36.2 Å². The molecule has 0 atom stereocenters. The SMILES string of the molecule is CCOC(=O)c1ncc(Br)c(=O)[nH]1.CCOC(=O)c1ncc(Br)c[n+]1[O-].CCOC(=O)c1ncc(Br)cn1.NC(=O)c1ncc(Br)c(=O)[nH]1.Nc1ccncn1.O=C(O)c1ncc(Br)cn1.O=C1CCCCC1.O=C1NC2(CCCCC2)n2c1ncc(Br)c2=O.O=C1NC2(CCCCC2)n2c1ncc(Nc1ccncn1)c2=O.O=C1NC2(CCCCC2)n2c1ncc(Nc1ccncn1)c2=O. The Morgan fingerprint density at radius 3 is 1.18 bits per heavy atom. The number of amides is 4.